The second-order valence-corrected chi connectivity index (χ2v) is 6.08. The van der Waals surface area contributed by atoms with Crippen LogP contribution in [0.1, 0.15) is 51.0 Å². The van der Waals surface area contributed by atoms with Crippen LogP contribution in [0.15, 0.2) is 36.9 Å². The average molecular weight is 272 g/mol. The van der Waals surface area contributed by atoms with Crippen LogP contribution >= 0.6 is 0 Å². The van der Waals surface area contributed by atoms with Crippen LogP contribution in [-0.2, 0) is 6.42 Å². The van der Waals surface area contributed by atoms with E-state index in [1.165, 1.54) is 50.5 Å². The van der Waals surface area contributed by atoms with Gasteiger partial charge in [-0.3, -0.25) is 0 Å². The van der Waals surface area contributed by atoms with Gasteiger partial charge in [-0.25, -0.2) is 0 Å². The summed E-state index contributed by atoms with van der Waals surface area (Å²) in [6.07, 6.45) is 11.5. The van der Waals surface area contributed by atoms with Crippen LogP contribution in [-0.4, -0.2) is 6.61 Å². The molecule has 1 aromatic carbocycles. The molecule has 0 heterocycles. The first-order valence-corrected chi connectivity index (χ1v) is 8.14. The lowest BCUT2D eigenvalue weighted by Gasteiger charge is -2.27. The van der Waals surface area contributed by atoms with Gasteiger partial charge in [0.2, 0.25) is 0 Å². The molecule has 0 radical (unpaired) electrons. The molecule has 1 saturated carbocycles. The second kappa shape index (κ2) is 8.14. The number of hydrogen-bond acceptors (Lipinski definition) is 1. The van der Waals surface area contributed by atoms with Crippen LogP contribution in [0.4, 0.5) is 0 Å². The van der Waals surface area contributed by atoms with Gasteiger partial charge < -0.3 is 4.74 Å². The minimum Gasteiger partial charge on any atom is -0.490 e. The Morgan fingerprint density at radius 3 is 2.35 bits per heavy atom. The van der Waals surface area contributed by atoms with Crippen molar-refractivity contribution in [2.45, 2.75) is 51.9 Å². The standard InChI is InChI=1S/C19H28O/c1-3-15-20-19-13-11-18(12-14-19)10-9-17-7-5-16(4-2)6-8-17/h3,11-14,16-17H,1,4-10,15H2,2H3/t16-,17-. The fraction of sp³-hybridized carbons (Fsp3) is 0.579. The van der Waals surface area contributed by atoms with Crippen LogP contribution in [0.3, 0.4) is 0 Å². The van der Waals surface area contributed by atoms with Crippen LogP contribution in [0.25, 0.3) is 0 Å². The molecule has 0 aliphatic heterocycles. The smallest absolute Gasteiger partial charge is 0.119 e. The van der Waals surface area contributed by atoms with E-state index in [4.69, 9.17) is 4.74 Å². The Labute approximate surface area is 124 Å². The van der Waals surface area contributed by atoms with Crippen molar-refractivity contribution in [1.82, 2.24) is 0 Å². The normalized spacial score (nSPS) is 22.4. The number of benzene rings is 1. The summed E-state index contributed by atoms with van der Waals surface area (Å²) in [6.45, 7) is 6.58. The van der Waals surface area contributed by atoms with E-state index in [0.717, 1.165) is 17.6 Å². The average Bonchev–Trinajstić information content (AvgIpc) is 2.52. The summed E-state index contributed by atoms with van der Waals surface area (Å²) in [5, 5.41) is 0. The van der Waals surface area contributed by atoms with E-state index in [1.807, 2.05) is 0 Å². The van der Waals surface area contributed by atoms with Gasteiger partial charge in [0.05, 0.1) is 0 Å². The van der Waals surface area contributed by atoms with Gasteiger partial charge in [0.25, 0.3) is 0 Å². The highest BCUT2D eigenvalue weighted by molar-refractivity contribution is 5.27. The lowest BCUT2D eigenvalue weighted by molar-refractivity contribution is 0.259. The highest BCUT2D eigenvalue weighted by Gasteiger charge is 2.19. The highest BCUT2D eigenvalue weighted by atomic mass is 16.5. The lowest BCUT2D eigenvalue weighted by Crippen LogP contribution is -2.14. The van der Waals surface area contributed by atoms with Crippen LogP contribution in [0.2, 0.25) is 0 Å². The molecule has 2 rings (SSSR count). The Balaban J connectivity index is 1.72. The summed E-state index contributed by atoms with van der Waals surface area (Å²) >= 11 is 0. The van der Waals surface area contributed by atoms with E-state index < -0.39 is 0 Å². The molecule has 0 amide bonds. The Hall–Kier alpha value is -1.24. The van der Waals surface area contributed by atoms with Crippen LogP contribution < -0.4 is 4.74 Å². The van der Waals surface area contributed by atoms with Crippen molar-refractivity contribution in [3.8, 4) is 5.75 Å². The van der Waals surface area contributed by atoms with Crippen molar-refractivity contribution in [3.05, 3.63) is 42.5 Å². The topological polar surface area (TPSA) is 9.23 Å². The molecule has 0 bridgehead atoms. The number of aryl methyl sites for hydroxylation is 1. The zero-order chi connectivity index (χ0) is 14.2. The van der Waals surface area contributed by atoms with E-state index in [9.17, 15) is 0 Å². The third-order valence-electron chi connectivity index (χ3n) is 4.68. The molecule has 0 saturated heterocycles. The summed E-state index contributed by atoms with van der Waals surface area (Å²) in [5.41, 5.74) is 1.44. The van der Waals surface area contributed by atoms with E-state index in [1.54, 1.807) is 6.08 Å². The summed E-state index contributed by atoms with van der Waals surface area (Å²) < 4.78 is 5.51. The van der Waals surface area contributed by atoms with Gasteiger partial charge in [-0.15, -0.1) is 0 Å². The fourth-order valence-electron chi connectivity index (χ4n) is 3.21. The van der Waals surface area contributed by atoms with Crippen LogP contribution in [0.5, 0.6) is 5.75 Å². The molecule has 0 atom stereocenters. The van der Waals surface area contributed by atoms with Gasteiger partial charge in [-0.05, 0) is 42.4 Å². The number of ether oxygens (including phenoxy) is 1. The Morgan fingerprint density at radius 2 is 1.75 bits per heavy atom. The lowest BCUT2D eigenvalue weighted by atomic mass is 9.78. The Morgan fingerprint density at radius 1 is 1.10 bits per heavy atom. The van der Waals surface area contributed by atoms with Crippen molar-refractivity contribution in [2.24, 2.45) is 11.8 Å². The molecule has 0 aromatic heterocycles. The molecule has 1 fully saturated rings. The van der Waals surface area contributed by atoms with Crippen molar-refractivity contribution in [2.75, 3.05) is 6.61 Å². The molecule has 1 aliphatic carbocycles. The van der Waals surface area contributed by atoms with Crippen molar-refractivity contribution < 1.29 is 4.74 Å². The summed E-state index contributed by atoms with van der Waals surface area (Å²) in [4.78, 5) is 0. The predicted octanol–water partition coefficient (Wildman–Crippen LogP) is 5.40. The van der Waals surface area contributed by atoms with E-state index >= 15 is 0 Å². The molecule has 1 aromatic rings. The van der Waals surface area contributed by atoms with Crippen molar-refractivity contribution in [1.29, 1.82) is 0 Å². The minimum absolute atomic E-state index is 0.583. The van der Waals surface area contributed by atoms with Gasteiger partial charge in [0.1, 0.15) is 12.4 Å². The molecule has 20 heavy (non-hydrogen) atoms. The van der Waals surface area contributed by atoms with E-state index in [2.05, 4.69) is 37.8 Å². The fourth-order valence-corrected chi connectivity index (χ4v) is 3.21. The number of rotatable bonds is 7. The maximum atomic E-state index is 5.51. The largest absolute Gasteiger partial charge is 0.490 e. The molecular weight excluding hydrogens is 244 g/mol. The molecule has 110 valence electrons. The number of hydrogen-bond donors (Lipinski definition) is 0. The summed E-state index contributed by atoms with van der Waals surface area (Å²) in [5.74, 6) is 2.90. The first-order valence-electron chi connectivity index (χ1n) is 8.14. The van der Waals surface area contributed by atoms with E-state index in [0.29, 0.717) is 6.61 Å². The second-order valence-electron chi connectivity index (χ2n) is 6.08. The maximum Gasteiger partial charge on any atom is 0.119 e. The molecular formula is C19H28O. The quantitative estimate of drug-likeness (QED) is 0.604. The van der Waals surface area contributed by atoms with Gasteiger partial charge in [-0.1, -0.05) is 63.8 Å². The molecule has 0 N–H and O–H groups in total. The molecule has 0 unspecified atom stereocenters. The molecule has 1 aliphatic rings. The molecule has 1 heteroatoms. The van der Waals surface area contributed by atoms with Gasteiger partial charge in [-0.2, -0.15) is 0 Å². The predicted molar refractivity (Wildman–Crippen MR) is 86.2 cm³/mol. The van der Waals surface area contributed by atoms with Gasteiger partial charge >= 0.3 is 0 Å². The SMILES string of the molecule is C=CCOc1ccc(CC[C@H]2CC[C@H](CC)CC2)cc1. The summed E-state index contributed by atoms with van der Waals surface area (Å²) in [7, 11) is 0. The monoisotopic (exact) mass is 272 g/mol. The van der Waals surface area contributed by atoms with Crippen LogP contribution in [0, 0.1) is 11.8 Å². The minimum atomic E-state index is 0.583. The Kier molecular flexibility index (Phi) is 6.17. The summed E-state index contributed by atoms with van der Waals surface area (Å²) in [6, 6.07) is 8.56. The maximum absolute atomic E-state index is 5.51. The first kappa shape index (κ1) is 15.2. The molecule has 1 nitrogen and oxygen atoms in total. The third kappa shape index (κ3) is 4.70. The zero-order valence-corrected chi connectivity index (χ0v) is 12.8. The van der Waals surface area contributed by atoms with Crippen molar-refractivity contribution >= 4 is 0 Å². The molecule has 0 spiro atoms. The van der Waals surface area contributed by atoms with Gasteiger partial charge in [0, 0.05) is 0 Å². The van der Waals surface area contributed by atoms with E-state index in [-0.39, 0.29) is 0 Å². The first-order chi connectivity index (χ1) is 9.81. The van der Waals surface area contributed by atoms with Crippen molar-refractivity contribution in [3.63, 3.8) is 0 Å². The highest BCUT2D eigenvalue weighted by Crippen LogP contribution is 2.33. The zero-order valence-electron chi connectivity index (χ0n) is 12.8. The van der Waals surface area contributed by atoms with Gasteiger partial charge in [0.15, 0.2) is 0 Å². The third-order valence-corrected chi connectivity index (χ3v) is 4.68. The Bertz CT molecular complexity index is 385.